The summed E-state index contributed by atoms with van der Waals surface area (Å²) in [5.41, 5.74) is 1.45. The Hall–Kier alpha value is -2.23. The van der Waals surface area contributed by atoms with Crippen molar-refractivity contribution in [1.29, 1.82) is 0 Å². The van der Waals surface area contributed by atoms with Crippen LogP contribution < -0.4 is 0 Å². The van der Waals surface area contributed by atoms with Crippen LogP contribution in [0.25, 0.3) is 0 Å². The molecule has 0 saturated heterocycles. The zero-order valence-electron chi connectivity index (χ0n) is 10.2. The lowest BCUT2D eigenvalue weighted by Crippen LogP contribution is -2.03. The fourth-order valence-corrected chi connectivity index (χ4v) is 1.47. The Bertz CT molecular complexity index is 500. The maximum absolute atomic E-state index is 9.29. The molecule has 4 heteroatoms. The van der Waals surface area contributed by atoms with Crippen LogP contribution in [-0.2, 0) is 4.84 Å². The summed E-state index contributed by atoms with van der Waals surface area (Å²) in [6.45, 7) is 2.57. The monoisotopic (exact) mass is 245 g/mol. The molecule has 1 heterocycles. The Morgan fingerprint density at radius 1 is 1.28 bits per heavy atom. The molecule has 0 bridgehead atoms. The zero-order valence-corrected chi connectivity index (χ0v) is 10.2. The molecule has 0 amide bonds. The Morgan fingerprint density at radius 3 is 2.67 bits per heavy atom. The number of oxime groups is 1. The van der Waals surface area contributed by atoms with Gasteiger partial charge in [-0.25, -0.2) is 0 Å². The van der Waals surface area contributed by atoms with Gasteiger partial charge in [-0.2, -0.15) is 0 Å². The van der Waals surface area contributed by atoms with Crippen LogP contribution >= 0.6 is 0 Å². The third kappa shape index (κ3) is 2.91. The zero-order chi connectivity index (χ0) is 12.8. The first-order valence-corrected chi connectivity index (χ1v) is 5.84. The third-order valence-corrected chi connectivity index (χ3v) is 2.35. The van der Waals surface area contributed by atoms with E-state index in [9.17, 15) is 5.11 Å². The first kappa shape index (κ1) is 12.2. The highest BCUT2D eigenvalue weighted by Gasteiger charge is 2.10. The predicted molar refractivity (Wildman–Crippen MR) is 68.7 cm³/mol. The van der Waals surface area contributed by atoms with Gasteiger partial charge in [0.15, 0.2) is 11.5 Å². The minimum atomic E-state index is 0.215. The van der Waals surface area contributed by atoms with Crippen LogP contribution in [0.2, 0.25) is 0 Å². The number of furan rings is 1. The lowest BCUT2D eigenvalue weighted by molar-refractivity contribution is 0.145. The standard InChI is InChI=1S/C14H15NO3/c1-2-9-18-15-14(13-4-3-10-17-13)11-5-7-12(16)8-6-11/h3-8,10,16H,2,9H2,1H3. The second kappa shape index (κ2) is 5.91. The molecule has 4 nitrogen and oxygen atoms in total. The van der Waals surface area contributed by atoms with Crippen molar-refractivity contribution in [1.82, 2.24) is 0 Å². The lowest BCUT2D eigenvalue weighted by atomic mass is 10.1. The Labute approximate surface area is 105 Å². The minimum absolute atomic E-state index is 0.215. The summed E-state index contributed by atoms with van der Waals surface area (Å²) in [5, 5.41) is 13.4. The summed E-state index contributed by atoms with van der Waals surface area (Å²) in [6.07, 6.45) is 2.48. The van der Waals surface area contributed by atoms with E-state index in [0.717, 1.165) is 12.0 Å². The van der Waals surface area contributed by atoms with Crippen LogP contribution in [0.4, 0.5) is 0 Å². The van der Waals surface area contributed by atoms with Crippen LogP contribution in [0.5, 0.6) is 5.75 Å². The van der Waals surface area contributed by atoms with Crippen LogP contribution in [0.15, 0.2) is 52.2 Å². The quantitative estimate of drug-likeness (QED) is 0.500. The highest BCUT2D eigenvalue weighted by atomic mass is 16.6. The third-order valence-electron chi connectivity index (χ3n) is 2.35. The Morgan fingerprint density at radius 2 is 2.06 bits per heavy atom. The number of benzene rings is 1. The first-order chi connectivity index (χ1) is 8.81. The molecular formula is C14H15NO3. The van der Waals surface area contributed by atoms with Crippen LogP contribution in [0, 0.1) is 0 Å². The van der Waals surface area contributed by atoms with Gasteiger partial charge in [-0.05, 0) is 42.8 Å². The summed E-state index contributed by atoms with van der Waals surface area (Å²) in [4.78, 5) is 5.22. The molecule has 2 aromatic rings. The second-order valence-electron chi connectivity index (χ2n) is 3.80. The normalized spacial score (nSPS) is 11.5. The largest absolute Gasteiger partial charge is 0.508 e. The van der Waals surface area contributed by atoms with Gasteiger partial charge in [0.05, 0.1) is 6.26 Å². The van der Waals surface area contributed by atoms with Crippen LogP contribution in [-0.4, -0.2) is 17.4 Å². The molecule has 94 valence electrons. The van der Waals surface area contributed by atoms with E-state index in [4.69, 9.17) is 9.25 Å². The molecule has 0 saturated carbocycles. The van der Waals surface area contributed by atoms with E-state index < -0.39 is 0 Å². The molecule has 0 aliphatic heterocycles. The number of hydrogen-bond acceptors (Lipinski definition) is 4. The van der Waals surface area contributed by atoms with Crippen molar-refractivity contribution in [3.8, 4) is 5.75 Å². The Balaban J connectivity index is 2.30. The van der Waals surface area contributed by atoms with E-state index in [0.29, 0.717) is 18.1 Å². The maximum atomic E-state index is 9.29. The molecule has 0 atom stereocenters. The summed E-state index contributed by atoms with van der Waals surface area (Å²) >= 11 is 0. The lowest BCUT2D eigenvalue weighted by Gasteiger charge is -2.04. The van der Waals surface area contributed by atoms with Gasteiger partial charge >= 0.3 is 0 Å². The number of aromatic hydroxyl groups is 1. The van der Waals surface area contributed by atoms with E-state index in [1.165, 1.54) is 0 Å². The predicted octanol–water partition coefficient (Wildman–Crippen LogP) is 3.16. The topological polar surface area (TPSA) is 55.0 Å². The molecule has 2 rings (SSSR count). The first-order valence-electron chi connectivity index (χ1n) is 5.84. The number of phenols is 1. The average Bonchev–Trinajstić information content (AvgIpc) is 2.90. The highest BCUT2D eigenvalue weighted by Crippen LogP contribution is 2.15. The Kier molecular flexibility index (Phi) is 4.02. The molecule has 0 unspecified atom stereocenters. The summed E-state index contributed by atoms with van der Waals surface area (Å²) < 4.78 is 5.34. The number of nitrogens with zero attached hydrogens (tertiary/aromatic N) is 1. The van der Waals surface area contributed by atoms with Crippen LogP contribution in [0.1, 0.15) is 24.7 Å². The van der Waals surface area contributed by atoms with Crippen molar-refractivity contribution in [3.05, 3.63) is 54.0 Å². The van der Waals surface area contributed by atoms with Crippen molar-refractivity contribution >= 4 is 5.71 Å². The van der Waals surface area contributed by atoms with Gasteiger partial charge in [0.2, 0.25) is 0 Å². The molecule has 0 spiro atoms. The average molecular weight is 245 g/mol. The summed E-state index contributed by atoms with van der Waals surface area (Å²) in [5.74, 6) is 0.851. The minimum Gasteiger partial charge on any atom is -0.508 e. The highest BCUT2D eigenvalue weighted by molar-refractivity contribution is 6.10. The SMILES string of the molecule is CCCON=C(c1ccc(O)cc1)c1ccco1. The van der Waals surface area contributed by atoms with Crippen molar-refractivity contribution in [2.45, 2.75) is 13.3 Å². The fourth-order valence-electron chi connectivity index (χ4n) is 1.47. The molecule has 1 aromatic heterocycles. The van der Waals surface area contributed by atoms with Gasteiger partial charge < -0.3 is 14.4 Å². The van der Waals surface area contributed by atoms with E-state index >= 15 is 0 Å². The van der Waals surface area contributed by atoms with Gasteiger partial charge in [-0.3, -0.25) is 0 Å². The molecule has 0 aliphatic rings. The van der Waals surface area contributed by atoms with E-state index in [-0.39, 0.29) is 5.75 Å². The van der Waals surface area contributed by atoms with Crippen molar-refractivity contribution < 1.29 is 14.4 Å². The van der Waals surface area contributed by atoms with E-state index in [2.05, 4.69) is 5.16 Å². The van der Waals surface area contributed by atoms with Crippen molar-refractivity contribution in [2.75, 3.05) is 6.61 Å². The van der Waals surface area contributed by atoms with Gasteiger partial charge in [-0.15, -0.1) is 0 Å². The van der Waals surface area contributed by atoms with Crippen molar-refractivity contribution in [3.63, 3.8) is 0 Å². The fraction of sp³-hybridized carbons (Fsp3) is 0.214. The summed E-state index contributed by atoms with van der Waals surface area (Å²) in [7, 11) is 0. The van der Waals surface area contributed by atoms with Gasteiger partial charge in [0.25, 0.3) is 0 Å². The van der Waals surface area contributed by atoms with Gasteiger partial charge in [0, 0.05) is 5.56 Å². The van der Waals surface area contributed by atoms with E-state index in [1.54, 1.807) is 36.6 Å². The molecule has 0 aliphatic carbocycles. The molecule has 1 N–H and O–H groups in total. The molecule has 0 radical (unpaired) electrons. The number of hydrogen-bond donors (Lipinski definition) is 1. The number of phenolic OH excluding ortho intramolecular Hbond substituents is 1. The van der Waals surface area contributed by atoms with Crippen molar-refractivity contribution in [2.24, 2.45) is 5.16 Å². The molecule has 1 aromatic carbocycles. The number of rotatable bonds is 5. The molecular weight excluding hydrogens is 230 g/mol. The maximum Gasteiger partial charge on any atom is 0.156 e. The van der Waals surface area contributed by atoms with Crippen LogP contribution in [0.3, 0.4) is 0 Å². The van der Waals surface area contributed by atoms with E-state index in [1.807, 2.05) is 13.0 Å². The second-order valence-corrected chi connectivity index (χ2v) is 3.80. The van der Waals surface area contributed by atoms with Gasteiger partial charge in [-0.1, -0.05) is 12.1 Å². The smallest absolute Gasteiger partial charge is 0.156 e. The van der Waals surface area contributed by atoms with Gasteiger partial charge in [0.1, 0.15) is 12.4 Å². The summed E-state index contributed by atoms with van der Waals surface area (Å²) in [6, 6.07) is 10.4. The molecule has 0 fully saturated rings. The molecule has 18 heavy (non-hydrogen) atoms.